The summed E-state index contributed by atoms with van der Waals surface area (Å²) in [6.45, 7) is 2.18. The van der Waals surface area contributed by atoms with Crippen molar-refractivity contribution >= 4 is 33.7 Å². The molecule has 0 aliphatic heterocycles. The van der Waals surface area contributed by atoms with Crippen molar-refractivity contribution in [2.75, 3.05) is 0 Å². The zero-order chi connectivity index (χ0) is 15.9. The van der Waals surface area contributed by atoms with Gasteiger partial charge in [-0.15, -0.1) is 11.3 Å². The minimum Gasteiger partial charge on any atom is -0.259 e. The van der Waals surface area contributed by atoms with Gasteiger partial charge in [0.25, 0.3) is 0 Å². The monoisotopic (exact) mass is 328 g/mol. The quantitative estimate of drug-likeness (QED) is 0.709. The number of thiazole rings is 1. The molecule has 2 aromatic heterocycles. The lowest BCUT2D eigenvalue weighted by Crippen LogP contribution is -2.07. The molecule has 2 heterocycles. The fourth-order valence-electron chi connectivity index (χ4n) is 3.73. The van der Waals surface area contributed by atoms with E-state index in [1.807, 2.05) is 17.5 Å². The molecule has 0 atom stereocenters. The highest BCUT2D eigenvalue weighted by Gasteiger charge is 2.15. The van der Waals surface area contributed by atoms with Crippen LogP contribution in [0.15, 0.2) is 12.3 Å². The van der Waals surface area contributed by atoms with Crippen molar-refractivity contribution in [3.63, 3.8) is 0 Å². The average molecular weight is 328 g/mol. The molecule has 0 radical (unpaired) electrons. The maximum atomic E-state index is 4.79. The third-order valence-corrected chi connectivity index (χ3v) is 6.33. The van der Waals surface area contributed by atoms with Crippen LogP contribution in [0.2, 0.25) is 6.82 Å². The Balaban J connectivity index is 1.72. The minimum atomic E-state index is 0.658. The van der Waals surface area contributed by atoms with E-state index in [1.165, 1.54) is 85.9 Å². The molecule has 3 rings (SSSR count). The lowest BCUT2D eigenvalue weighted by molar-refractivity contribution is 0.462. The first-order chi connectivity index (χ1) is 11.4. The first kappa shape index (κ1) is 16.9. The van der Waals surface area contributed by atoms with Gasteiger partial charge in [-0.25, -0.2) is 0 Å². The van der Waals surface area contributed by atoms with Crippen LogP contribution in [0.5, 0.6) is 0 Å². The second kappa shape index (κ2) is 8.82. The van der Waals surface area contributed by atoms with E-state index < -0.39 is 0 Å². The molecule has 0 amide bonds. The summed E-state index contributed by atoms with van der Waals surface area (Å²) in [5.74, 6) is 0.658. The summed E-state index contributed by atoms with van der Waals surface area (Å²) in [6.07, 6.45) is 17.4. The fraction of sp³-hybridized carbons (Fsp3) is 0.684. The van der Waals surface area contributed by atoms with Crippen LogP contribution < -0.4 is 4.91 Å². The van der Waals surface area contributed by atoms with Gasteiger partial charge in [-0.3, -0.25) is 9.97 Å². The maximum absolute atomic E-state index is 4.79. The summed E-state index contributed by atoms with van der Waals surface area (Å²) < 4.78 is 1.33. The van der Waals surface area contributed by atoms with Crippen molar-refractivity contribution in [1.82, 2.24) is 9.97 Å². The highest BCUT2D eigenvalue weighted by molar-refractivity contribution is 7.26. The Bertz CT molecular complexity index is 598. The Morgan fingerprint density at radius 3 is 2.17 bits per heavy atom. The molecule has 2 nitrogen and oxygen atoms in total. The van der Waals surface area contributed by atoms with Crippen molar-refractivity contribution < 1.29 is 0 Å². The largest absolute Gasteiger partial charge is 0.259 e. The molecule has 0 N–H and O–H groups in total. The van der Waals surface area contributed by atoms with E-state index in [4.69, 9.17) is 4.98 Å². The van der Waals surface area contributed by atoms with Crippen molar-refractivity contribution in [1.29, 1.82) is 0 Å². The van der Waals surface area contributed by atoms with Gasteiger partial charge in [0.2, 0.25) is 0 Å². The van der Waals surface area contributed by atoms with Gasteiger partial charge in [-0.2, -0.15) is 0 Å². The summed E-state index contributed by atoms with van der Waals surface area (Å²) in [5.41, 5.74) is 2.41. The molecule has 1 saturated carbocycles. The van der Waals surface area contributed by atoms with Crippen molar-refractivity contribution in [2.45, 2.75) is 83.4 Å². The molecule has 0 aromatic carbocycles. The molecule has 0 unspecified atom stereocenters. The molecule has 4 heteroatoms. The normalized spacial score (nSPS) is 19.2. The van der Waals surface area contributed by atoms with Crippen LogP contribution in [0.1, 0.15) is 82.2 Å². The molecule has 0 spiro atoms. The standard InChI is InChI=1S/C19H29BN2S/c1-20-19-22-17-14-21-16(13-18(17)23-19)15-11-9-7-5-3-2-4-6-8-10-12-15/h13-15,20H,2-12H2,1H3. The lowest BCUT2D eigenvalue weighted by atomic mass is 9.84. The van der Waals surface area contributed by atoms with Gasteiger partial charge in [0.1, 0.15) is 0 Å². The Labute approximate surface area is 145 Å². The van der Waals surface area contributed by atoms with E-state index in [0.717, 1.165) is 12.8 Å². The number of pyridine rings is 1. The molecular weight excluding hydrogens is 299 g/mol. The van der Waals surface area contributed by atoms with E-state index >= 15 is 0 Å². The predicted octanol–water partition coefficient (Wildman–Crippen LogP) is 5.19. The van der Waals surface area contributed by atoms with E-state index in [-0.39, 0.29) is 0 Å². The van der Waals surface area contributed by atoms with E-state index in [2.05, 4.69) is 17.9 Å². The van der Waals surface area contributed by atoms with Crippen LogP contribution >= 0.6 is 11.3 Å². The first-order valence-electron chi connectivity index (χ1n) is 9.62. The van der Waals surface area contributed by atoms with E-state index in [9.17, 15) is 0 Å². The maximum Gasteiger partial charge on any atom is 0.192 e. The van der Waals surface area contributed by atoms with Crippen LogP contribution in [0, 0.1) is 0 Å². The van der Waals surface area contributed by atoms with Crippen LogP contribution in [-0.2, 0) is 0 Å². The van der Waals surface area contributed by atoms with Gasteiger partial charge in [-0.05, 0) is 18.9 Å². The Kier molecular flexibility index (Phi) is 6.50. The van der Waals surface area contributed by atoms with Gasteiger partial charge in [0.15, 0.2) is 7.28 Å². The molecule has 0 bridgehead atoms. The highest BCUT2D eigenvalue weighted by atomic mass is 32.1. The molecule has 1 fully saturated rings. The van der Waals surface area contributed by atoms with Gasteiger partial charge >= 0.3 is 0 Å². The number of aromatic nitrogens is 2. The number of nitrogens with zero attached hydrogens (tertiary/aromatic N) is 2. The molecule has 124 valence electrons. The smallest absolute Gasteiger partial charge is 0.192 e. The van der Waals surface area contributed by atoms with Crippen LogP contribution in [0.4, 0.5) is 0 Å². The minimum absolute atomic E-state index is 0.658. The Morgan fingerprint density at radius 2 is 1.57 bits per heavy atom. The summed E-state index contributed by atoms with van der Waals surface area (Å²) in [5, 5.41) is 0. The van der Waals surface area contributed by atoms with E-state index in [1.54, 1.807) is 0 Å². The summed E-state index contributed by atoms with van der Waals surface area (Å²) in [6, 6.07) is 2.34. The van der Waals surface area contributed by atoms with Gasteiger partial charge in [-0.1, -0.05) is 64.6 Å². The van der Waals surface area contributed by atoms with Crippen molar-refractivity contribution in [3.05, 3.63) is 18.0 Å². The molecule has 23 heavy (non-hydrogen) atoms. The van der Waals surface area contributed by atoms with Gasteiger partial charge < -0.3 is 0 Å². The Morgan fingerprint density at radius 1 is 0.957 bits per heavy atom. The number of fused-ring (bicyclic) bond motifs is 1. The second-order valence-corrected chi connectivity index (χ2v) is 8.11. The number of hydrogen-bond donors (Lipinski definition) is 0. The number of rotatable bonds is 2. The zero-order valence-corrected chi connectivity index (χ0v) is 15.3. The molecular formula is C19H29BN2S. The first-order valence-corrected chi connectivity index (χ1v) is 10.4. The molecule has 1 aliphatic rings. The average Bonchev–Trinajstić information content (AvgIpc) is 2.97. The SMILES string of the molecule is CBc1nc2cnc(C3CCCCCCCCCCC3)cc2s1. The van der Waals surface area contributed by atoms with Crippen molar-refractivity contribution in [2.24, 2.45) is 0 Å². The van der Waals surface area contributed by atoms with Crippen molar-refractivity contribution in [3.8, 4) is 0 Å². The topological polar surface area (TPSA) is 25.8 Å². The van der Waals surface area contributed by atoms with Crippen LogP contribution in [0.3, 0.4) is 0 Å². The fourth-order valence-corrected chi connectivity index (χ4v) is 4.65. The van der Waals surface area contributed by atoms with Crippen LogP contribution in [-0.4, -0.2) is 17.2 Å². The van der Waals surface area contributed by atoms with Gasteiger partial charge in [0.05, 0.1) is 21.3 Å². The summed E-state index contributed by atoms with van der Waals surface area (Å²) in [7, 11) is 1.03. The summed E-state index contributed by atoms with van der Waals surface area (Å²) in [4.78, 5) is 10.7. The zero-order valence-electron chi connectivity index (χ0n) is 14.5. The predicted molar refractivity (Wildman–Crippen MR) is 104 cm³/mol. The molecule has 0 saturated heterocycles. The molecule has 2 aromatic rings. The molecule has 1 aliphatic carbocycles. The highest BCUT2D eigenvalue weighted by Crippen LogP contribution is 2.30. The number of hydrogen-bond acceptors (Lipinski definition) is 3. The summed E-state index contributed by atoms with van der Waals surface area (Å²) >= 11 is 1.85. The third-order valence-electron chi connectivity index (χ3n) is 5.17. The Hall–Kier alpha value is -0.895. The lowest BCUT2D eigenvalue weighted by Gasteiger charge is -2.17. The van der Waals surface area contributed by atoms with Crippen LogP contribution in [0.25, 0.3) is 10.2 Å². The van der Waals surface area contributed by atoms with Gasteiger partial charge in [0, 0.05) is 11.6 Å². The third kappa shape index (κ3) is 4.79. The second-order valence-electron chi connectivity index (χ2n) is 6.99. The van der Waals surface area contributed by atoms with E-state index in [0.29, 0.717) is 5.92 Å².